The van der Waals surface area contributed by atoms with Gasteiger partial charge in [0.05, 0.1) is 21.1 Å². The Morgan fingerprint density at radius 3 is 2.67 bits per heavy atom. The summed E-state index contributed by atoms with van der Waals surface area (Å²) in [5.41, 5.74) is 0.0438. The quantitative estimate of drug-likeness (QED) is 0.781. The van der Waals surface area contributed by atoms with Crippen LogP contribution in [0.5, 0.6) is 0 Å². The van der Waals surface area contributed by atoms with Crippen molar-refractivity contribution < 1.29 is 4.79 Å². The first-order chi connectivity index (χ1) is 7.13. The maximum Gasteiger partial charge on any atom is 0.259 e. The predicted octanol–water partition coefficient (Wildman–Crippen LogP) is 2.65. The molecule has 5 heteroatoms. The van der Waals surface area contributed by atoms with E-state index in [4.69, 9.17) is 23.2 Å². The fraction of sp³-hybridized carbons (Fsp3) is 0. The summed E-state index contributed by atoms with van der Waals surface area (Å²) >= 11 is 11.7. The Hall–Kier alpha value is -1.32. The molecule has 0 saturated carbocycles. The number of carbonyl (C=O) groups excluding carboxylic acids is 1. The fourth-order valence-electron chi connectivity index (χ4n) is 1.32. The van der Waals surface area contributed by atoms with Crippen molar-refractivity contribution in [3.8, 4) is 0 Å². The third kappa shape index (κ3) is 1.64. The molecule has 3 nitrogen and oxygen atoms in total. The van der Waals surface area contributed by atoms with Gasteiger partial charge in [0.15, 0.2) is 6.29 Å². The maximum atomic E-state index is 11.3. The normalized spacial score (nSPS) is 10.5. The summed E-state index contributed by atoms with van der Waals surface area (Å²) in [5, 5.41) is 1.31. The van der Waals surface area contributed by atoms with Crippen LogP contribution in [0.3, 0.4) is 0 Å². The fourth-order valence-corrected chi connectivity index (χ4v) is 1.70. The molecule has 0 radical (unpaired) electrons. The number of H-pyrrole nitrogens is 1. The van der Waals surface area contributed by atoms with Gasteiger partial charge in [-0.05, 0) is 12.1 Å². The molecule has 0 spiro atoms. The third-order valence-corrected chi connectivity index (χ3v) is 2.87. The highest BCUT2D eigenvalue weighted by Crippen LogP contribution is 2.28. The molecule has 0 bridgehead atoms. The summed E-state index contributed by atoms with van der Waals surface area (Å²) in [6, 6.07) is 4.77. The smallest absolute Gasteiger partial charge is 0.259 e. The van der Waals surface area contributed by atoms with Crippen molar-refractivity contribution >= 4 is 40.4 Å². The number of nitrogens with one attached hydrogen (secondary N) is 1. The van der Waals surface area contributed by atoms with E-state index >= 15 is 0 Å². The van der Waals surface area contributed by atoms with E-state index in [-0.39, 0.29) is 10.6 Å². The van der Waals surface area contributed by atoms with Crippen molar-refractivity contribution in [2.45, 2.75) is 0 Å². The number of halogens is 2. The predicted molar refractivity (Wildman–Crippen MR) is 60.0 cm³/mol. The average Bonchev–Trinajstić information content (AvgIpc) is 2.24. The van der Waals surface area contributed by atoms with E-state index in [9.17, 15) is 9.59 Å². The standard InChI is InChI=1S/C10H5Cl2NO2/c11-7-2-1-5-3-6(4-14)10(15)13-9(5)8(7)12/h1-4H,(H,13,15). The molecule has 0 saturated heterocycles. The van der Waals surface area contributed by atoms with Gasteiger partial charge in [0.1, 0.15) is 0 Å². The first-order valence-corrected chi connectivity index (χ1v) is 4.85. The summed E-state index contributed by atoms with van der Waals surface area (Å²) < 4.78 is 0. The van der Waals surface area contributed by atoms with Gasteiger partial charge in [0.2, 0.25) is 0 Å². The second-order valence-electron chi connectivity index (χ2n) is 3.00. The van der Waals surface area contributed by atoms with Crippen molar-refractivity contribution in [1.82, 2.24) is 4.98 Å². The number of aldehydes is 1. The molecule has 15 heavy (non-hydrogen) atoms. The summed E-state index contributed by atoms with van der Waals surface area (Å²) in [6.45, 7) is 0. The van der Waals surface area contributed by atoms with Crippen molar-refractivity contribution in [3.63, 3.8) is 0 Å². The van der Waals surface area contributed by atoms with Gasteiger partial charge in [-0.1, -0.05) is 29.3 Å². The molecule has 0 unspecified atom stereocenters. The monoisotopic (exact) mass is 241 g/mol. The van der Waals surface area contributed by atoms with Gasteiger partial charge in [-0.15, -0.1) is 0 Å². The summed E-state index contributed by atoms with van der Waals surface area (Å²) in [6.07, 6.45) is 0.501. The van der Waals surface area contributed by atoms with Crippen LogP contribution in [-0.2, 0) is 0 Å². The van der Waals surface area contributed by atoms with Crippen LogP contribution in [0.15, 0.2) is 23.0 Å². The first kappa shape index (κ1) is 10.2. The third-order valence-electron chi connectivity index (χ3n) is 2.07. The second-order valence-corrected chi connectivity index (χ2v) is 3.78. The van der Waals surface area contributed by atoms with E-state index in [1.54, 1.807) is 12.1 Å². The molecule has 0 atom stereocenters. The van der Waals surface area contributed by atoms with Gasteiger partial charge < -0.3 is 4.98 Å². The number of rotatable bonds is 1. The number of benzene rings is 1. The Kier molecular flexibility index (Phi) is 2.50. The minimum Gasteiger partial charge on any atom is -0.320 e. The molecule has 1 heterocycles. The number of aromatic nitrogens is 1. The van der Waals surface area contributed by atoms with Gasteiger partial charge in [0, 0.05) is 5.39 Å². The highest BCUT2D eigenvalue weighted by atomic mass is 35.5. The topological polar surface area (TPSA) is 49.9 Å². The van der Waals surface area contributed by atoms with Crippen LogP contribution >= 0.6 is 23.2 Å². The van der Waals surface area contributed by atoms with Crippen LogP contribution in [0.1, 0.15) is 10.4 Å². The Bertz CT molecular complexity index is 604. The largest absolute Gasteiger partial charge is 0.320 e. The number of hydrogen-bond acceptors (Lipinski definition) is 2. The van der Waals surface area contributed by atoms with Crippen LogP contribution in [0.4, 0.5) is 0 Å². The van der Waals surface area contributed by atoms with E-state index in [0.717, 1.165) is 0 Å². The van der Waals surface area contributed by atoms with E-state index in [1.807, 2.05) is 0 Å². The lowest BCUT2D eigenvalue weighted by Gasteiger charge is -2.02. The van der Waals surface area contributed by atoms with Gasteiger partial charge in [-0.25, -0.2) is 0 Å². The maximum absolute atomic E-state index is 11.3. The van der Waals surface area contributed by atoms with Gasteiger partial charge in [0.25, 0.3) is 5.56 Å². The van der Waals surface area contributed by atoms with Gasteiger partial charge in [-0.3, -0.25) is 9.59 Å². The van der Waals surface area contributed by atoms with Crippen LogP contribution < -0.4 is 5.56 Å². The Labute approximate surface area is 94.6 Å². The number of hydrogen-bond donors (Lipinski definition) is 1. The molecule has 1 aromatic carbocycles. The zero-order valence-corrected chi connectivity index (χ0v) is 8.89. The van der Waals surface area contributed by atoms with Crippen molar-refractivity contribution in [1.29, 1.82) is 0 Å². The van der Waals surface area contributed by atoms with Crippen LogP contribution in [0.2, 0.25) is 10.0 Å². The lowest BCUT2D eigenvalue weighted by atomic mass is 10.2. The lowest BCUT2D eigenvalue weighted by molar-refractivity contribution is 0.112. The molecular formula is C10H5Cl2NO2. The molecule has 0 amide bonds. The highest BCUT2D eigenvalue weighted by molar-refractivity contribution is 6.45. The van der Waals surface area contributed by atoms with E-state index < -0.39 is 5.56 Å². The number of fused-ring (bicyclic) bond motifs is 1. The second kappa shape index (κ2) is 3.68. The van der Waals surface area contributed by atoms with Crippen molar-refractivity contribution in [2.24, 2.45) is 0 Å². The number of carbonyl (C=O) groups is 1. The van der Waals surface area contributed by atoms with Crippen LogP contribution in [0, 0.1) is 0 Å². The van der Waals surface area contributed by atoms with Crippen molar-refractivity contribution in [2.75, 3.05) is 0 Å². The molecule has 2 rings (SSSR count). The minimum absolute atomic E-state index is 0.0703. The highest BCUT2D eigenvalue weighted by Gasteiger charge is 2.07. The van der Waals surface area contributed by atoms with Gasteiger partial charge in [-0.2, -0.15) is 0 Å². The molecule has 2 aromatic rings. The Morgan fingerprint density at radius 1 is 1.27 bits per heavy atom. The van der Waals surface area contributed by atoms with E-state index in [1.165, 1.54) is 6.07 Å². The molecule has 0 aliphatic heterocycles. The Balaban J connectivity index is 2.93. The molecular weight excluding hydrogens is 237 g/mol. The molecule has 0 fully saturated rings. The Morgan fingerprint density at radius 2 is 2.00 bits per heavy atom. The number of pyridine rings is 1. The molecule has 1 N–H and O–H groups in total. The molecule has 0 aliphatic rings. The molecule has 0 aliphatic carbocycles. The van der Waals surface area contributed by atoms with Crippen LogP contribution in [0.25, 0.3) is 10.9 Å². The molecule has 76 valence electrons. The number of aromatic amines is 1. The zero-order valence-electron chi connectivity index (χ0n) is 7.38. The first-order valence-electron chi connectivity index (χ1n) is 4.09. The molecule has 1 aromatic heterocycles. The SMILES string of the molecule is O=Cc1cc2ccc(Cl)c(Cl)c2[nH]c1=O. The summed E-state index contributed by atoms with van der Waals surface area (Å²) in [7, 11) is 0. The zero-order chi connectivity index (χ0) is 11.0. The average molecular weight is 242 g/mol. The van der Waals surface area contributed by atoms with E-state index in [0.29, 0.717) is 22.2 Å². The summed E-state index contributed by atoms with van der Waals surface area (Å²) in [5.74, 6) is 0. The minimum atomic E-state index is -0.471. The van der Waals surface area contributed by atoms with Crippen LogP contribution in [-0.4, -0.2) is 11.3 Å². The van der Waals surface area contributed by atoms with E-state index in [2.05, 4.69) is 4.98 Å². The summed E-state index contributed by atoms with van der Waals surface area (Å²) in [4.78, 5) is 24.4. The lowest BCUT2D eigenvalue weighted by Crippen LogP contribution is -2.11. The van der Waals surface area contributed by atoms with Crippen molar-refractivity contribution in [3.05, 3.63) is 44.2 Å². The van der Waals surface area contributed by atoms with Gasteiger partial charge >= 0.3 is 0 Å².